The van der Waals surface area contributed by atoms with E-state index in [0.29, 0.717) is 24.2 Å². The van der Waals surface area contributed by atoms with E-state index < -0.39 is 6.10 Å². The Labute approximate surface area is 198 Å². The number of aliphatic hydroxyl groups excluding tert-OH is 1. The normalized spacial score (nSPS) is 13.7. The highest BCUT2D eigenvalue weighted by molar-refractivity contribution is 5.94. The van der Waals surface area contributed by atoms with Crippen LogP contribution >= 0.6 is 0 Å². The van der Waals surface area contributed by atoms with E-state index in [1.807, 2.05) is 50.5 Å². The molecule has 0 fully saturated rings. The number of aliphatic hydroxyl groups is 1. The fourth-order valence-electron chi connectivity index (χ4n) is 4.70. The molecule has 5 rings (SSSR count). The van der Waals surface area contributed by atoms with Crippen LogP contribution in [0.4, 0.5) is 0 Å². The summed E-state index contributed by atoms with van der Waals surface area (Å²) < 4.78 is 7.23. The Morgan fingerprint density at radius 3 is 2.71 bits per heavy atom. The Kier molecular flexibility index (Phi) is 5.66. The van der Waals surface area contributed by atoms with Gasteiger partial charge in [0.1, 0.15) is 6.61 Å². The molecule has 3 aromatic carbocycles. The Hall–Kier alpha value is -3.92. The summed E-state index contributed by atoms with van der Waals surface area (Å²) in [4.78, 5) is 13.8. The SMILES string of the molecule is Cc1c(C(O)CN(C)Cc2ccc(-n3ccc4cc(C#N)ccc43)cc2)ccc2c1COC2=O. The molecule has 1 aromatic heterocycles. The number of benzene rings is 3. The Morgan fingerprint density at radius 1 is 1.15 bits per heavy atom. The molecule has 1 aliphatic rings. The number of nitrogens with zero attached hydrogens (tertiary/aromatic N) is 3. The highest BCUT2D eigenvalue weighted by Crippen LogP contribution is 2.29. The summed E-state index contributed by atoms with van der Waals surface area (Å²) in [6.07, 6.45) is 1.36. The van der Waals surface area contributed by atoms with E-state index in [4.69, 9.17) is 10.00 Å². The number of ether oxygens (including phenoxy) is 1. The molecule has 0 radical (unpaired) electrons. The highest BCUT2D eigenvalue weighted by atomic mass is 16.5. The number of hydrogen-bond acceptors (Lipinski definition) is 5. The zero-order valence-electron chi connectivity index (χ0n) is 19.2. The second-order valence-corrected chi connectivity index (χ2v) is 8.83. The van der Waals surface area contributed by atoms with Gasteiger partial charge in [0.25, 0.3) is 0 Å². The first-order valence-electron chi connectivity index (χ1n) is 11.2. The number of rotatable bonds is 6. The molecule has 4 aromatic rings. The van der Waals surface area contributed by atoms with Gasteiger partial charge in [0.05, 0.1) is 28.8 Å². The first kappa shape index (κ1) is 21.9. The van der Waals surface area contributed by atoms with Gasteiger partial charge in [-0.25, -0.2) is 4.79 Å². The summed E-state index contributed by atoms with van der Waals surface area (Å²) in [7, 11) is 1.98. The van der Waals surface area contributed by atoms with E-state index in [1.165, 1.54) is 0 Å². The van der Waals surface area contributed by atoms with Crippen LogP contribution in [0.2, 0.25) is 0 Å². The van der Waals surface area contributed by atoms with Crippen molar-refractivity contribution >= 4 is 16.9 Å². The number of carbonyl (C=O) groups is 1. The van der Waals surface area contributed by atoms with Crippen molar-refractivity contribution in [1.29, 1.82) is 5.26 Å². The van der Waals surface area contributed by atoms with Crippen molar-refractivity contribution in [3.63, 3.8) is 0 Å². The number of nitriles is 1. The van der Waals surface area contributed by atoms with E-state index in [0.717, 1.165) is 38.8 Å². The fraction of sp³-hybridized carbons (Fsp3) is 0.214. The minimum absolute atomic E-state index is 0.277. The Bertz CT molecular complexity index is 1430. The van der Waals surface area contributed by atoms with Crippen LogP contribution in [-0.2, 0) is 17.9 Å². The van der Waals surface area contributed by atoms with Gasteiger partial charge >= 0.3 is 5.97 Å². The second kappa shape index (κ2) is 8.79. The maximum atomic E-state index is 11.8. The molecule has 0 bridgehead atoms. The van der Waals surface area contributed by atoms with Crippen LogP contribution in [0.5, 0.6) is 0 Å². The van der Waals surface area contributed by atoms with Gasteiger partial charge in [-0.15, -0.1) is 0 Å². The van der Waals surface area contributed by atoms with Crippen LogP contribution in [0.3, 0.4) is 0 Å². The molecule has 1 aliphatic heterocycles. The van der Waals surface area contributed by atoms with E-state index in [9.17, 15) is 9.90 Å². The fourth-order valence-corrected chi connectivity index (χ4v) is 4.70. The van der Waals surface area contributed by atoms with Crippen LogP contribution in [0.15, 0.2) is 66.9 Å². The number of aromatic nitrogens is 1. The molecular formula is C28H25N3O3. The highest BCUT2D eigenvalue weighted by Gasteiger charge is 2.26. The van der Waals surface area contributed by atoms with E-state index in [1.54, 1.807) is 6.07 Å². The maximum Gasteiger partial charge on any atom is 0.338 e. The smallest absolute Gasteiger partial charge is 0.338 e. The van der Waals surface area contributed by atoms with Crippen molar-refractivity contribution in [3.8, 4) is 11.8 Å². The van der Waals surface area contributed by atoms with E-state index in [-0.39, 0.29) is 12.6 Å². The number of cyclic esters (lactones) is 1. The number of likely N-dealkylation sites (N-methyl/N-ethyl adjacent to an activating group) is 1. The third kappa shape index (κ3) is 3.96. The number of carbonyl (C=O) groups excluding carboxylic acids is 1. The monoisotopic (exact) mass is 451 g/mol. The van der Waals surface area contributed by atoms with Crippen molar-refractivity contribution < 1.29 is 14.6 Å². The van der Waals surface area contributed by atoms with Gasteiger partial charge in [-0.1, -0.05) is 18.2 Å². The average molecular weight is 452 g/mol. The summed E-state index contributed by atoms with van der Waals surface area (Å²) in [5.41, 5.74) is 7.14. The van der Waals surface area contributed by atoms with Gasteiger partial charge in [-0.05, 0) is 73.1 Å². The van der Waals surface area contributed by atoms with Crippen molar-refractivity contribution in [3.05, 3.63) is 100 Å². The number of esters is 1. The van der Waals surface area contributed by atoms with Gasteiger partial charge in [0.15, 0.2) is 0 Å². The molecule has 6 nitrogen and oxygen atoms in total. The summed E-state index contributed by atoms with van der Waals surface area (Å²) >= 11 is 0. The average Bonchev–Trinajstić information content (AvgIpc) is 3.43. The van der Waals surface area contributed by atoms with E-state index in [2.05, 4.69) is 39.8 Å². The predicted molar refractivity (Wildman–Crippen MR) is 130 cm³/mol. The molecule has 34 heavy (non-hydrogen) atoms. The molecular weight excluding hydrogens is 426 g/mol. The largest absolute Gasteiger partial charge is 0.457 e. The van der Waals surface area contributed by atoms with Crippen LogP contribution in [0.25, 0.3) is 16.6 Å². The maximum absolute atomic E-state index is 11.8. The van der Waals surface area contributed by atoms with Gasteiger partial charge in [0.2, 0.25) is 0 Å². The summed E-state index contributed by atoms with van der Waals surface area (Å²) in [6.45, 7) is 3.38. The van der Waals surface area contributed by atoms with Crippen molar-refractivity contribution in [1.82, 2.24) is 9.47 Å². The van der Waals surface area contributed by atoms with Crippen LogP contribution in [0.1, 0.15) is 44.3 Å². The van der Waals surface area contributed by atoms with Gasteiger partial charge < -0.3 is 14.4 Å². The molecule has 6 heteroatoms. The topological polar surface area (TPSA) is 78.5 Å². The lowest BCUT2D eigenvalue weighted by Gasteiger charge is -2.22. The van der Waals surface area contributed by atoms with Gasteiger partial charge in [0, 0.05) is 35.9 Å². The lowest BCUT2D eigenvalue weighted by Crippen LogP contribution is -2.24. The summed E-state index contributed by atoms with van der Waals surface area (Å²) in [6, 6.07) is 21.8. The molecule has 0 saturated carbocycles. The molecule has 1 unspecified atom stereocenters. The molecule has 1 N–H and O–H groups in total. The molecule has 170 valence electrons. The minimum Gasteiger partial charge on any atom is -0.457 e. The summed E-state index contributed by atoms with van der Waals surface area (Å²) in [5.74, 6) is -0.292. The van der Waals surface area contributed by atoms with Crippen LogP contribution in [-0.4, -0.2) is 34.1 Å². The zero-order chi connectivity index (χ0) is 23.8. The first-order valence-corrected chi connectivity index (χ1v) is 11.2. The standard InChI is InChI=1S/C28H25N3O3/c1-18-23(8-9-24-25(18)17-34-28(24)33)27(32)16-30(2)15-19-3-6-22(7-4-19)31-12-11-21-13-20(14-29)5-10-26(21)31/h3-13,27,32H,15-17H2,1-2H3. The first-order chi connectivity index (χ1) is 16.4. The quantitative estimate of drug-likeness (QED) is 0.432. The number of fused-ring (bicyclic) bond motifs is 2. The van der Waals surface area contributed by atoms with Gasteiger partial charge in [-0.2, -0.15) is 5.26 Å². The lowest BCUT2D eigenvalue weighted by molar-refractivity contribution is 0.0535. The molecule has 1 atom stereocenters. The summed E-state index contributed by atoms with van der Waals surface area (Å²) in [5, 5.41) is 21.0. The second-order valence-electron chi connectivity index (χ2n) is 8.83. The van der Waals surface area contributed by atoms with Crippen molar-refractivity contribution in [2.45, 2.75) is 26.2 Å². The van der Waals surface area contributed by atoms with Crippen LogP contribution < -0.4 is 0 Å². The van der Waals surface area contributed by atoms with Gasteiger partial charge in [-0.3, -0.25) is 4.90 Å². The van der Waals surface area contributed by atoms with E-state index >= 15 is 0 Å². The zero-order valence-corrected chi connectivity index (χ0v) is 19.2. The molecule has 0 spiro atoms. The Morgan fingerprint density at radius 2 is 1.94 bits per heavy atom. The molecule has 0 aliphatic carbocycles. The Balaban J connectivity index is 1.27. The third-order valence-corrected chi connectivity index (χ3v) is 6.54. The van der Waals surface area contributed by atoms with Crippen molar-refractivity contribution in [2.75, 3.05) is 13.6 Å². The molecule has 0 amide bonds. The van der Waals surface area contributed by atoms with Crippen LogP contribution in [0, 0.1) is 18.3 Å². The van der Waals surface area contributed by atoms with Crippen molar-refractivity contribution in [2.24, 2.45) is 0 Å². The predicted octanol–water partition coefficient (Wildman–Crippen LogP) is 4.65. The third-order valence-electron chi connectivity index (χ3n) is 6.54. The molecule has 0 saturated heterocycles. The molecule has 2 heterocycles. The lowest BCUT2D eigenvalue weighted by atomic mass is 9.95. The number of hydrogen-bond donors (Lipinski definition) is 1. The minimum atomic E-state index is -0.658.